The number of ether oxygens (including phenoxy) is 2. The van der Waals surface area contributed by atoms with E-state index in [1.807, 2.05) is 13.8 Å². The molecule has 0 saturated carbocycles. The molecule has 16 heavy (non-hydrogen) atoms. The van der Waals surface area contributed by atoms with Crippen LogP contribution in [-0.2, 0) is 11.4 Å². The van der Waals surface area contributed by atoms with Crippen molar-refractivity contribution in [2.75, 3.05) is 7.11 Å². The lowest BCUT2D eigenvalue weighted by molar-refractivity contribution is 0.121. The molecular formula is C11H16FNO3. The molecule has 0 unspecified atom stereocenters. The van der Waals surface area contributed by atoms with Crippen molar-refractivity contribution in [1.82, 2.24) is 0 Å². The molecule has 5 heteroatoms. The molecule has 0 radical (unpaired) electrons. The molecule has 1 aromatic rings. The second-order valence-corrected chi connectivity index (χ2v) is 3.57. The topological polar surface area (TPSA) is 53.7 Å². The molecule has 0 atom stereocenters. The van der Waals surface area contributed by atoms with Crippen LogP contribution in [0.5, 0.6) is 11.5 Å². The number of hydrogen-bond donors (Lipinski definition) is 1. The number of rotatable bonds is 5. The van der Waals surface area contributed by atoms with E-state index in [0.717, 1.165) is 0 Å². The Hall–Kier alpha value is -1.33. The standard InChI is InChI=1S/C11H16FNO3/c1-7(2)16-11-5-9(12)8(6-15-13)4-10(11)14-3/h4-5,7H,6,13H2,1-3H3. The van der Waals surface area contributed by atoms with Crippen molar-refractivity contribution in [1.29, 1.82) is 0 Å². The van der Waals surface area contributed by atoms with Crippen LogP contribution in [0.3, 0.4) is 0 Å². The Kier molecular flexibility index (Phi) is 4.52. The van der Waals surface area contributed by atoms with Gasteiger partial charge in [0.15, 0.2) is 11.5 Å². The third-order valence-corrected chi connectivity index (χ3v) is 1.93. The lowest BCUT2D eigenvalue weighted by Gasteiger charge is -2.15. The minimum absolute atomic E-state index is 0.00977. The average molecular weight is 229 g/mol. The molecule has 1 rings (SSSR count). The molecule has 0 bridgehead atoms. The number of benzene rings is 1. The number of halogens is 1. The highest BCUT2D eigenvalue weighted by atomic mass is 19.1. The fourth-order valence-electron chi connectivity index (χ4n) is 1.28. The minimum atomic E-state index is -0.429. The first kappa shape index (κ1) is 12.7. The van der Waals surface area contributed by atoms with Gasteiger partial charge in [0.2, 0.25) is 0 Å². The van der Waals surface area contributed by atoms with Gasteiger partial charge in [-0.25, -0.2) is 10.3 Å². The number of nitrogens with two attached hydrogens (primary N) is 1. The zero-order chi connectivity index (χ0) is 12.1. The van der Waals surface area contributed by atoms with Gasteiger partial charge in [0.25, 0.3) is 0 Å². The van der Waals surface area contributed by atoms with Gasteiger partial charge >= 0.3 is 0 Å². The van der Waals surface area contributed by atoms with E-state index in [1.54, 1.807) is 0 Å². The molecule has 4 nitrogen and oxygen atoms in total. The highest BCUT2D eigenvalue weighted by Gasteiger charge is 2.12. The molecule has 1 aromatic carbocycles. The predicted molar refractivity (Wildman–Crippen MR) is 57.7 cm³/mol. The summed E-state index contributed by atoms with van der Waals surface area (Å²) in [4.78, 5) is 4.39. The fourth-order valence-corrected chi connectivity index (χ4v) is 1.28. The lowest BCUT2D eigenvalue weighted by Crippen LogP contribution is -2.08. The molecule has 0 saturated heterocycles. The van der Waals surface area contributed by atoms with Crippen molar-refractivity contribution in [3.63, 3.8) is 0 Å². The Morgan fingerprint density at radius 1 is 1.31 bits per heavy atom. The molecule has 0 fully saturated rings. The van der Waals surface area contributed by atoms with Gasteiger partial charge in [-0.15, -0.1) is 0 Å². The van der Waals surface area contributed by atoms with Gasteiger partial charge in [-0.3, -0.25) is 4.84 Å². The first-order valence-electron chi connectivity index (χ1n) is 4.93. The van der Waals surface area contributed by atoms with Crippen LogP contribution in [0.1, 0.15) is 19.4 Å². The average Bonchev–Trinajstić information content (AvgIpc) is 2.21. The maximum atomic E-state index is 13.5. The molecule has 0 aliphatic carbocycles. The maximum absolute atomic E-state index is 13.5. The number of methoxy groups -OCH3 is 1. The summed E-state index contributed by atoms with van der Waals surface area (Å²) >= 11 is 0. The Morgan fingerprint density at radius 2 is 2.00 bits per heavy atom. The smallest absolute Gasteiger partial charge is 0.164 e. The second kappa shape index (κ2) is 5.67. The van der Waals surface area contributed by atoms with Gasteiger partial charge in [-0.1, -0.05) is 0 Å². The van der Waals surface area contributed by atoms with E-state index < -0.39 is 5.82 Å². The van der Waals surface area contributed by atoms with Gasteiger partial charge in [-0.2, -0.15) is 0 Å². The van der Waals surface area contributed by atoms with Crippen LogP contribution in [0.2, 0.25) is 0 Å². The van der Waals surface area contributed by atoms with Crippen molar-refractivity contribution < 1.29 is 18.7 Å². The summed E-state index contributed by atoms with van der Waals surface area (Å²) in [6.07, 6.45) is -0.0510. The first-order chi connectivity index (χ1) is 7.58. The minimum Gasteiger partial charge on any atom is -0.493 e. The van der Waals surface area contributed by atoms with Gasteiger partial charge in [0.1, 0.15) is 5.82 Å². The van der Waals surface area contributed by atoms with Crippen LogP contribution < -0.4 is 15.4 Å². The van der Waals surface area contributed by atoms with Crippen molar-refractivity contribution in [2.24, 2.45) is 5.90 Å². The van der Waals surface area contributed by atoms with Crippen LogP contribution in [0.15, 0.2) is 12.1 Å². The third kappa shape index (κ3) is 3.08. The van der Waals surface area contributed by atoms with Gasteiger partial charge < -0.3 is 9.47 Å². The zero-order valence-electron chi connectivity index (χ0n) is 9.62. The maximum Gasteiger partial charge on any atom is 0.164 e. The molecule has 0 aromatic heterocycles. The SMILES string of the molecule is COc1cc(CON)c(F)cc1OC(C)C. The molecule has 90 valence electrons. The summed E-state index contributed by atoms with van der Waals surface area (Å²) in [5.74, 6) is 5.30. The summed E-state index contributed by atoms with van der Waals surface area (Å²) in [5, 5.41) is 0. The Bertz CT molecular complexity index is 355. The van der Waals surface area contributed by atoms with Crippen LogP contribution in [0, 0.1) is 5.82 Å². The molecule has 0 spiro atoms. The molecule has 2 N–H and O–H groups in total. The third-order valence-electron chi connectivity index (χ3n) is 1.93. The van der Waals surface area contributed by atoms with Crippen LogP contribution >= 0.6 is 0 Å². The van der Waals surface area contributed by atoms with Gasteiger partial charge in [-0.05, 0) is 19.9 Å². The molecular weight excluding hydrogens is 213 g/mol. The van der Waals surface area contributed by atoms with Crippen LogP contribution in [0.25, 0.3) is 0 Å². The summed E-state index contributed by atoms with van der Waals surface area (Å²) in [6, 6.07) is 2.78. The lowest BCUT2D eigenvalue weighted by atomic mass is 10.2. The highest BCUT2D eigenvalue weighted by molar-refractivity contribution is 5.43. The highest BCUT2D eigenvalue weighted by Crippen LogP contribution is 2.31. The van der Waals surface area contributed by atoms with E-state index in [2.05, 4.69) is 4.84 Å². The largest absolute Gasteiger partial charge is 0.493 e. The van der Waals surface area contributed by atoms with Gasteiger partial charge in [0, 0.05) is 11.6 Å². The van der Waals surface area contributed by atoms with E-state index in [-0.39, 0.29) is 12.7 Å². The monoisotopic (exact) mass is 229 g/mol. The molecule has 0 amide bonds. The molecule has 0 aliphatic rings. The van der Waals surface area contributed by atoms with Crippen molar-refractivity contribution in [3.8, 4) is 11.5 Å². The summed E-state index contributed by atoms with van der Waals surface area (Å²) in [7, 11) is 1.49. The summed E-state index contributed by atoms with van der Waals surface area (Å²) in [5.41, 5.74) is 0.329. The normalized spacial score (nSPS) is 10.6. The second-order valence-electron chi connectivity index (χ2n) is 3.57. The predicted octanol–water partition coefficient (Wildman–Crippen LogP) is 2.01. The molecule has 0 heterocycles. The summed E-state index contributed by atoms with van der Waals surface area (Å²) in [6.45, 7) is 3.70. The van der Waals surface area contributed by atoms with Crippen molar-refractivity contribution in [3.05, 3.63) is 23.5 Å². The Labute approximate surface area is 94.1 Å². The van der Waals surface area contributed by atoms with E-state index >= 15 is 0 Å². The van der Waals surface area contributed by atoms with Crippen molar-refractivity contribution in [2.45, 2.75) is 26.6 Å². The Morgan fingerprint density at radius 3 is 2.50 bits per heavy atom. The van der Waals surface area contributed by atoms with Crippen LogP contribution in [0.4, 0.5) is 4.39 Å². The van der Waals surface area contributed by atoms with Gasteiger partial charge in [0.05, 0.1) is 19.8 Å². The van der Waals surface area contributed by atoms with E-state index in [0.29, 0.717) is 17.1 Å². The van der Waals surface area contributed by atoms with E-state index in [4.69, 9.17) is 15.4 Å². The fraction of sp³-hybridized carbons (Fsp3) is 0.455. The zero-order valence-corrected chi connectivity index (χ0v) is 9.62. The van der Waals surface area contributed by atoms with E-state index in [9.17, 15) is 4.39 Å². The summed E-state index contributed by atoms with van der Waals surface area (Å²) < 4.78 is 24.0. The Balaban J connectivity index is 3.05. The van der Waals surface area contributed by atoms with E-state index in [1.165, 1.54) is 19.2 Å². The quantitative estimate of drug-likeness (QED) is 0.785. The first-order valence-corrected chi connectivity index (χ1v) is 4.93. The van der Waals surface area contributed by atoms with Crippen molar-refractivity contribution >= 4 is 0 Å². The number of hydrogen-bond acceptors (Lipinski definition) is 4. The molecule has 0 aliphatic heterocycles. The van der Waals surface area contributed by atoms with Crippen LogP contribution in [-0.4, -0.2) is 13.2 Å².